The van der Waals surface area contributed by atoms with Crippen LogP contribution >= 0.6 is 0 Å². The van der Waals surface area contributed by atoms with Crippen molar-refractivity contribution in [3.63, 3.8) is 0 Å². The van der Waals surface area contributed by atoms with E-state index in [0.717, 1.165) is 25.7 Å². The molecule has 0 unspecified atom stereocenters. The fraction of sp³-hybridized carbons (Fsp3) is 0.474. The topological polar surface area (TPSA) is 88.3 Å². The number of hydrogen-bond acceptors (Lipinski definition) is 5. The highest BCUT2D eigenvalue weighted by molar-refractivity contribution is 5.95. The molecule has 7 nitrogen and oxygen atoms in total. The van der Waals surface area contributed by atoms with E-state index in [1.807, 2.05) is 11.8 Å². The molecule has 0 bridgehead atoms. The molecule has 2 aromatic rings. The van der Waals surface area contributed by atoms with Crippen molar-refractivity contribution in [1.29, 1.82) is 0 Å². The molecular formula is C19H22N4O3. The van der Waals surface area contributed by atoms with Gasteiger partial charge in [0, 0.05) is 31.5 Å². The molecule has 26 heavy (non-hydrogen) atoms. The lowest BCUT2D eigenvalue weighted by atomic mass is 9.59. The SMILES string of the molecule is Cc1occc1C(=O)N1CCC2(CC[C@@H]2NC(=O)c2cnccn2)CC1. The lowest BCUT2D eigenvalue weighted by Gasteiger charge is -2.54. The van der Waals surface area contributed by atoms with Crippen LogP contribution in [0.1, 0.15) is 52.3 Å². The number of nitrogens with one attached hydrogen (secondary N) is 1. The van der Waals surface area contributed by atoms with Gasteiger partial charge < -0.3 is 14.6 Å². The van der Waals surface area contributed by atoms with E-state index in [1.165, 1.54) is 12.4 Å². The first-order chi connectivity index (χ1) is 12.6. The van der Waals surface area contributed by atoms with Crippen LogP contribution in [-0.4, -0.2) is 45.8 Å². The van der Waals surface area contributed by atoms with Crippen molar-refractivity contribution in [1.82, 2.24) is 20.2 Å². The van der Waals surface area contributed by atoms with Crippen molar-refractivity contribution in [3.8, 4) is 0 Å². The summed E-state index contributed by atoms with van der Waals surface area (Å²) in [5, 5.41) is 3.11. The molecule has 2 amide bonds. The number of amides is 2. The lowest BCUT2D eigenvalue weighted by Crippen LogP contribution is -2.59. The second-order valence-electron chi connectivity index (χ2n) is 7.20. The average Bonchev–Trinajstić information content (AvgIpc) is 3.11. The van der Waals surface area contributed by atoms with Gasteiger partial charge in [-0.05, 0) is 44.1 Å². The molecule has 1 atom stereocenters. The molecule has 2 aromatic heterocycles. The van der Waals surface area contributed by atoms with Gasteiger partial charge in [0.1, 0.15) is 11.5 Å². The fourth-order valence-corrected chi connectivity index (χ4v) is 4.10. The van der Waals surface area contributed by atoms with E-state index in [9.17, 15) is 9.59 Å². The Morgan fingerprint density at radius 3 is 2.65 bits per heavy atom. The third-order valence-corrected chi connectivity index (χ3v) is 5.91. The summed E-state index contributed by atoms with van der Waals surface area (Å²) in [6, 6.07) is 1.87. The molecule has 136 valence electrons. The van der Waals surface area contributed by atoms with E-state index >= 15 is 0 Å². The molecule has 7 heteroatoms. The van der Waals surface area contributed by atoms with Gasteiger partial charge in [-0.15, -0.1) is 0 Å². The third kappa shape index (κ3) is 2.87. The lowest BCUT2D eigenvalue weighted by molar-refractivity contribution is -0.00244. The molecule has 0 aromatic carbocycles. The molecule has 1 aliphatic heterocycles. The number of likely N-dealkylation sites (tertiary alicyclic amines) is 1. The van der Waals surface area contributed by atoms with Gasteiger partial charge in [-0.25, -0.2) is 4.98 Å². The first kappa shape index (κ1) is 16.8. The number of hydrogen-bond donors (Lipinski definition) is 1. The summed E-state index contributed by atoms with van der Waals surface area (Å²) < 4.78 is 5.25. The molecule has 2 aliphatic rings. The first-order valence-electron chi connectivity index (χ1n) is 8.99. The largest absolute Gasteiger partial charge is 0.469 e. The molecule has 1 saturated carbocycles. The average molecular weight is 354 g/mol. The number of carbonyl (C=O) groups excluding carboxylic acids is 2. The van der Waals surface area contributed by atoms with E-state index < -0.39 is 0 Å². The van der Waals surface area contributed by atoms with Gasteiger partial charge in [-0.3, -0.25) is 14.6 Å². The standard InChI is InChI=1S/C19H22N4O3/c1-13-14(3-11-26-13)18(25)23-9-5-19(6-10-23)4-2-16(19)22-17(24)15-12-20-7-8-21-15/h3,7-8,11-12,16H,2,4-6,9-10H2,1H3,(H,22,24)/t16-/m0/s1. The second-order valence-corrected chi connectivity index (χ2v) is 7.20. The van der Waals surface area contributed by atoms with Crippen molar-refractivity contribution in [2.75, 3.05) is 13.1 Å². The van der Waals surface area contributed by atoms with E-state index in [0.29, 0.717) is 30.1 Å². The Hall–Kier alpha value is -2.70. The summed E-state index contributed by atoms with van der Waals surface area (Å²) in [4.78, 5) is 34.9. The second kappa shape index (κ2) is 6.55. The monoisotopic (exact) mass is 354 g/mol. The van der Waals surface area contributed by atoms with Crippen LogP contribution in [0.4, 0.5) is 0 Å². The maximum absolute atomic E-state index is 12.6. The smallest absolute Gasteiger partial charge is 0.271 e. The van der Waals surface area contributed by atoms with Gasteiger partial charge in [0.15, 0.2) is 0 Å². The Balaban J connectivity index is 1.37. The predicted molar refractivity (Wildman–Crippen MR) is 93.5 cm³/mol. The number of piperidine rings is 1. The van der Waals surface area contributed by atoms with Gasteiger partial charge in [0.05, 0.1) is 18.0 Å². The van der Waals surface area contributed by atoms with E-state index in [-0.39, 0.29) is 23.3 Å². The van der Waals surface area contributed by atoms with Crippen molar-refractivity contribution >= 4 is 11.8 Å². The highest BCUT2D eigenvalue weighted by Gasteiger charge is 2.49. The molecular weight excluding hydrogens is 332 g/mol. The summed E-state index contributed by atoms with van der Waals surface area (Å²) in [5.74, 6) is 0.522. The summed E-state index contributed by atoms with van der Waals surface area (Å²) in [7, 11) is 0. The molecule has 0 radical (unpaired) electrons. The van der Waals surface area contributed by atoms with E-state index in [4.69, 9.17) is 4.42 Å². The Morgan fingerprint density at radius 2 is 2.08 bits per heavy atom. The quantitative estimate of drug-likeness (QED) is 0.913. The number of rotatable bonds is 3. The van der Waals surface area contributed by atoms with Crippen LogP contribution in [0.2, 0.25) is 0 Å². The highest BCUT2D eigenvalue weighted by atomic mass is 16.3. The van der Waals surface area contributed by atoms with Crippen LogP contribution in [0, 0.1) is 12.3 Å². The molecule has 1 spiro atoms. The van der Waals surface area contributed by atoms with Crippen molar-refractivity contribution < 1.29 is 14.0 Å². The Morgan fingerprint density at radius 1 is 1.27 bits per heavy atom. The number of nitrogens with zero attached hydrogens (tertiary/aromatic N) is 3. The van der Waals surface area contributed by atoms with Gasteiger partial charge in [-0.1, -0.05) is 0 Å². The third-order valence-electron chi connectivity index (χ3n) is 5.91. The zero-order valence-electron chi connectivity index (χ0n) is 14.8. The number of aromatic nitrogens is 2. The number of aryl methyl sites for hydroxylation is 1. The van der Waals surface area contributed by atoms with Crippen molar-refractivity contribution in [2.45, 2.75) is 38.6 Å². The molecule has 1 N–H and O–H groups in total. The Kier molecular flexibility index (Phi) is 4.22. The predicted octanol–water partition coefficient (Wildman–Crippen LogP) is 2.19. The number of carbonyl (C=O) groups is 2. The minimum absolute atomic E-state index is 0.0329. The van der Waals surface area contributed by atoms with Crippen LogP contribution in [0.3, 0.4) is 0 Å². The fourth-order valence-electron chi connectivity index (χ4n) is 4.10. The molecule has 2 fully saturated rings. The first-order valence-corrected chi connectivity index (χ1v) is 8.99. The molecule has 3 heterocycles. The van der Waals surface area contributed by atoms with E-state index in [1.54, 1.807) is 18.5 Å². The normalized spacial score (nSPS) is 21.3. The minimum atomic E-state index is -0.172. The van der Waals surface area contributed by atoms with E-state index in [2.05, 4.69) is 15.3 Å². The summed E-state index contributed by atoms with van der Waals surface area (Å²) in [6.07, 6.45) is 9.98. The maximum Gasteiger partial charge on any atom is 0.271 e. The van der Waals surface area contributed by atoms with Crippen molar-refractivity contribution in [3.05, 3.63) is 47.9 Å². The van der Waals surface area contributed by atoms with Gasteiger partial charge in [-0.2, -0.15) is 0 Å². The van der Waals surface area contributed by atoms with Crippen LogP contribution in [-0.2, 0) is 0 Å². The molecule has 4 rings (SSSR count). The van der Waals surface area contributed by atoms with Crippen LogP contribution in [0.5, 0.6) is 0 Å². The summed E-state index contributed by atoms with van der Waals surface area (Å²) in [5.41, 5.74) is 1.08. The van der Waals surface area contributed by atoms with Crippen LogP contribution < -0.4 is 5.32 Å². The molecule has 1 saturated heterocycles. The van der Waals surface area contributed by atoms with Gasteiger partial charge >= 0.3 is 0 Å². The zero-order chi connectivity index (χ0) is 18.1. The number of furan rings is 1. The summed E-state index contributed by atoms with van der Waals surface area (Å²) >= 11 is 0. The van der Waals surface area contributed by atoms with Crippen molar-refractivity contribution in [2.24, 2.45) is 5.41 Å². The summed E-state index contributed by atoms with van der Waals surface area (Å²) in [6.45, 7) is 3.23. The van der Waals surface area contributed by atoms with Crippen LogP contribution in [0.25, 0.3) is 0 Å². The van der Waals surface area contributed by atoms with Gasteiger partial charge in [0.2, 0.25) is 0 Å². The Bertz CT molecular complexity index is 809. The van der Waals surface area contributed by atoms with Crippen LogP contribution in [0.15, 0.2) is 35.3 Å². The minimum Gasteiger partial charge on any atom is -0.469 e. The Labute approximate surface area is 151 Å². The molecule has 1 aliphatic carbocycles. The highest BCUT2D eigenvalue weighted by Crippen LogP contribution is 2.49. The van der Waals surface area contributed by atoms with Gasteiger partial charge in [0.25, 0.3) is 11.8 Å². The zero-order valence-corrected chi connectivity index (χ0v) is 14.8. The maximum atomic E-state index is 12.6.